The summed E-state index contributed by atoms with van der Waals surface area (Å²) >= 11 is 0. The van der Waals surface area contributed by atoms with E-state index in [4.69, 9.17) is 0 Å². The Kier molecular flexibility index (Phi) is 9.87. The Morgan fingerprint density at radius 2 is 0.754 bits per heavy atom. The molecule has 1 heteroatoms. The van der Waals surface area contributed by atoms with Gasteiger partial charge in [0.1, 0.15) is 0 Å². The molecular formula is C68H47N. The van der Waals surface area contributed by atoms with E-state index in [0.717, 1.165) is 17.1 Å². The molecule has 0 N–H and O–H groups in total. The van der Waals surface area contributed by atoms with Gasteiger partial charge in [-0.15, -0.1) is 0 Å². The molecule has 0 amide bonds. The standard InChI is InChI=1S/C68H47N/c1-6-20-47(21-7-1)49-34-39-55(40-35-49)69(56-41-36-50(37-42-56)48-22-8-2-9-23-48)64-45-44-57(52-38-43-60-62(46-52)58-30-16-17-31-59(58)65(60)51-24-10-3-11-25-51)67-66(64)61-32-18-19-33-63(61)68(67,53-26-12-4-13-27-53)54-28-14-5-15-29-54/h1-46,65H. The van der Waals surface area contributed by atoms with Gasteiger partial charge in [-0.2, -0.15) is 0 Å². The summed E-state index contributed by atoms with van der Waals surface area (Å²) in [6.07, 6.45) is 0. The fourth-order valence-electron chi connectivity index (χ4n) is 11.7. The lowest BCUT2D eigenvalue weighted by molar-refractivity contribution is 0.770. The minimum atomic E-state index is -0.650. The van der Waals surface area contributed by atoms with Crippen molar-refractivity contribution in [1.82, 2.24) is 0 Å². The van der Waals surface area contributed by atoms with E-state index in [9.17, 15) is 0 Å². The number of benzene rings is 11. The topological polar surface area (TPSA) is 3.24 Å². The molecule has 11 aromatic rings. The Morgan fingerprint density at radius 1 is 0.304 bits per heavy atom. The molecule has 1 unspecified atom stereocenters. The fourth-order valence-corrected chi connectivity index (χ4v) is 11.7. The van der Waals surface area contributed by atoms with Gasteiger partial charge in [0.2, 0.25) is 0 Å². The molecule has 2 aliphatic carbocycles. The van der Waals surface area contributed by atoms with E-state index in [0.29, 0.717) is 0 Å². The van der Waals surface area contributed by atoms with Crippen molar-refractivity contribution in [2.75, 3.05) is 4.90 Å². The lowest BCUT2D eigenvalue weighted by Gasteiger charge is -2.36. The minimum Gasteiger partial charge on any atom is -0.310 e. The van der Waals surface area contributed by atoms with Gasteiger partial charge in [0.05, 0.1) is 11.1 Å². The van der Waals surface area contributed by atoms with Crippen molar-refractivity contribution in [2.24, 2.45) is 0 Å². The lowest BCUT2D eigenvalue weighted by Crippen LogP contribution is -2.29. The molecule has 0 spiro atoms. The Labute approximate surface area is 404 Å². The number of hydrogen-bond acceptors (Lipinski definition) is 1. The van der Waals surface area contributed by atoms with E-state index in [1.165, 1.54) is 94.6 Å². The van der Waals surface area contributed by atoms with Crippen LogP contribution < -0.4 is 4.90 Å². The van der Waals surface area contributed by atoms with Gasteiger partial charge in [0.25, 0.3) is 0 Å². The number of nitrogens with zero attached hydrogens (tertiary/aromatic N) is 1. The van der Waals surface area contributed by atoms with E-state index in [-0.39, 0.29) is 5.92 Å². The Hall–Kier alpha value is -8.78. The maximum atomic E-state index is 2.48. The molecule has 0 bridgehead atoms. The van der Waals surface area contributed by atoms with E-state index in [2.05, 4.69) is 284 Å². The Morgan fingerprint density at radius 3 is 1.33 bits per heavy atom. The number of hydrogen-bond donors (Lipinski definition) is 0. The highest BCUT2D eigenvalue weighted by molar-refractivity contribution is 6.02. The molecule has 2 aliphatic rings. The molecule has 1 atom stereocenters. The molecule has 0 aromatic heterocycles. The van der Waals surface area contributed by atoms with Gasteiger partial charge in [-0.25, -0.2) is 0 Å². The predicted octanol–water partition coefficient (Wildman–Crippen LogP) is 17.7. The van der Waals surface area contributed by atoms with Crippen molar-refractivity contribution in [3.05, 3.63) is 318 Å². The third-order valence-electron chi connectivity index (χ3n) is 14.6. The zero-order valence-corrected chi connectivity index (χ0v) is 38.1. The van der Waals surface area contributed by atoms with E-state index < -0.39 is 5.41 Å². The maximum Gasteiger partial charge on any atom is 0.0720 e. The summed E-state index contributed by atoms with van der Waals surface area (Å²) < 4.78 is 0. The summed E-state index contributed by atoms with van der Waals surface area (Å²) in [5.41, 5.74) is 24.0. The summed E-state index contributed by atoms with van der Waals surface area (Å²) in [6.45, 7) is 0. The summed E-state index contributed by atoms with van der Waals surface area (Å²) in [4.78, 5) is 2.48. The van der Waals surface area contributed by atoms with Crippen LogP contribution in [0.4, 0.5) is 17.1 Å². The number of anilines is 3. The Bertz CT molecular complexity index is 3500. The van der Waals surface area contributed by atoms with E-state index in [1.54, 1.807) is 0 Å². The van der Waals surface area contributed by atoms with Gasteiger partial charge >= 0.3 is 0 Å². The zero-order chi connectivity index (χ0) is 45.7. The van der Waals surface area contributed by atoms with Crippen molar-refractivity contribution in [1.29, 1.82) is 0 Å². The molecule has 324 valence electrons. The highest BCUT2D eigenvalue weighted by Crippen LogP contribution is 2.62. The van der Waals surface area contributed by atoms with Gasteiger partial charge in [0.15, 0.2) is 0 Å². The van der Waals surface area contributed by atoms with E-state index >= 15 is 0 Å². The van der Waals surface area contributed by atoms with Gasteiger partial charge in [-0.3, -0.25) is 0 Å². The van der Waals surface area contributed by atoms with Crippen LogP contribution in [-0.2, 0) is 5.41 Å². The van der Waals surface area contributed by atoms with Crippen LogP contribution in [0.15, 0.2) is 279 Å². The van der Waals surface area contributed by atoms with Crippen molar-refractivity contribution in [3.63, 3.8) is 0 Å². The van der Waals surface area contributed by atoms with Crippen molar-refractivity contribution >= 4 is 17.1 Å². The fraction of sp³-hybridized carbons (Fsp3) is 0.0294. The largest absolute Gasteiger partial charge is 0.310 e. The maximum absolute atomic E-state index is 2.48. The van der Waals surface area contributed by atoms with Crippen molar-refractivity contribution in [3.8, 4) is 55.6 Å². The summed E-state index contributed by atoms with van der Waals surface area (Å²) in [5.74, 6) is 0.173. The first kappa shape index (κ1) is 40.5. The Balaban J connectivity index is 1.10. The van der Waals surface area contributed by atoms with Crippen LogP contribution in [0.2, 0.25) is 0 Å². The van der Waals surface area contributed by atoms with Gasteiger partial charge in [-0.1, -0.05) is 243 Å². The second kappa shape index (κ2) is 16.8. The van der Waals surface area contributed by atoms with Gasteiger partial charge < -0.3 is 4.90 Å². The van der Waals surface area contributed by atoms with Gasteiger partial charge in [-0.05, 0) is 125 Å². The molecule has 11 aromatic carbocycles. The summed E-state index contributed by atoms with van der Waals surface area (Å²) in [7, 11) is 0. The number of fused-ring (bicyclic) bond motifs is 6. The average molecular weight is 878 g/mol. The second-order valence-corrected chi connectivity index (χ2v) is 18.3. The van der Waals surface area contributed by atoms with Crippen LogP contribution in [0, 0.1) is 0 Å². The predicted molar refractivity (Wildman–Crippen MR) is 288 cm³/mol. The smallest absolute Gasteiger partial charge is 0.0720 e. The van der Waals surface area contributed by atoms with Crippen LogP contribution >= 0.6 is 0 Å². The van der Waals surface area contributed by atoms with Crippen LogP contribution in [0.3, 0.4) is 0 Å². The molecule has 1 nitrogen and oxygen atoms in total. The highest BCUT2D eigenvalue weighted by Gasteiger charge is 2.49. The third kappa shape index (κ3) is 6.61. The first-order valence-electron chi connectivity index (χ1n) is 24.0. The molecule has 0 fully saturated rings. The number of rotatable bonds is 9. The summed E-state index contributed by atoms with van der Waals surface area (Å²) in [6, 6.07) is 103. The van der Waals surface area contributed by atoms with Crippen LogP contribution in [0.1, 0.15) is 44.9 Å². The van der Waals surface area contributed by atoms with E-state index in [1.807, 2.05) is 0 Å². The van der Waals surface area contributed by atoms with Crippen LogP contribution in [0.5, 0.6) is 0 Å². The average Bonchev–Trinajstić information content (AvgIpc) is 3.94. The monoisotopic (exact) mass is 877 g/mol. The van der Waals surface area contributed by atoms with Crippen LogP contribution in [-0.4, -0.2) is 0 Å². The molecule has 0 heterocycles. The van der Waals surface area contributed by atoms with Crippen molar-refractivity contribution < 1.29 is 0 Å². The van der Waals surface area contributed by atoms with Gasteiger partial charge in [0, 0.05) is 22.9 Å². The highest BCUT2D eigenvalue weighted by atomic mass is 15.1. The summed E-state index contributed by atoms with van der Waals surface area (Å²) in [5, 5.41) is 0. The molecule has 13 rings (SSSR count). The SMILES string of the molecule is c1ccc(-c2ccc(N(c3ccc(-c4ccccc4)cc3)c3ccc(-c4ccc5c(c4)-c4ccccc4C5c4ccccc4)c4c3-c3ccccc3C4(c3ccccc3)c3ccccc3)cc2)cc1. The first-order valence-corrected chi connectivity index (χ1v) is 24.0. The van der Waals surface area contributed by atoms with Crippen molar-refractivity contribution in [2.45, 2.75) is 11.3 Å². The molecule has 0 saturated heterocycles. The molecule has 0 aliphatic heterocycles. The first-order chi connectivity index (χ1) is 34.3. The zero-order valence-electron chi connectivity index (χ0n) is 38.1. The second-order valence-electron chi connectivity index (χ2n) is 18.3. The molecule has 0 radical (unpaired) electrons. The molecular weight excluding hydrogens is 831 g/mol. The van der Waals surface area contributed by atoms with Crippen LogP contribution in [0.25, 0.3) is 55.6 Å². The normalized spacial score (nSPS) is 13.8. The molecule has 0 saturated carbocycles. The minimum absolute atomic E-state index is 0.173. The third-order valence-corrected chi connectivity index (χ3v) is 14.6. The lowest BCUT2D eigenvalue weighted by atomic mass is 9.66. The quantitative estimate of drug-likeness (QED) is 0.140. The molecule has 69 heavy (non-hydrogen) atoms.